The van der Waals surface area contributed by atoms with Crippen LogP contribution in [-0.2, 0) is 6.54 Å². The topological polar surface area (TPSA) is 59.0 Å². The third kappa shape index (κ3) is 3.08. The first-order chi connectivity index (χ1) is 9.28. The predicted octanol–water partition coefficient (Wildman–Crippen LogP) is 3.53. The molecule has 0 heterocycles. The van der Waals surface area contributed by atoms with Crippen LogP contribution in [0.1, 0.15) is 11.1 Å². The molecule has 2 aromatic carbocycles. The van der Waals surface area contributed by atoms with Crippen LogP contribution in [0.4, 0.5) is 0 Å². The predicted molar refractivity (Wildman–Crippen MR) is 77.3 cm³/mol. The summed E-state index contributed by atoms with van der Waals surface area (Å²) in [6.07, 6.45) is 1.94. The van der Waals surface area contributed by atoms with E-state index in [4.69, 9.17) is 10.5 Å². The van der Waals surface area contributed by atoms with E-state index >= 15 is 0 Å². The molecule has 2 aromatic rings. The molecule has 0 saturated carbocycles. The van der Waals surface area contributed by atoms with Gasteiger partial charge in [0.2, 0.25) is 0 Å². The Morgan fingerprint density at radius 2 is 2.05 bits per heavy atom. The molecule has 0 amide bonds. The molecule has 0 aliphatic rings. The fourth-order valence-electron chi connectivity index (χ4n) is 1.74. The Morgan fingerprint density at radius 3 is 2.74 bits per heavy atom. The first-order valence-electron chi connectivity index (χ1n) is 5.82. The van der Waals surface area contributed by atoms with Crippen molar-refractivity contribution < 1.29 is 4.74 Å². The summed E-state index contributed by atoms with van der Waals surface area (Å²) in [4.78, 5) is 0.912. The number of rotatable bonds is 4. The summed E-state index contributed by atoms with van der Waals surface area (Å²) in [6.45, 7) is 0.465. The fourth-order valence-corrected chi connectivity index (χ4v) is 2.30. The summed E-state index contributed by atoms with van der Waals surface area (Å²) in [7, 11) is 0. The van der Waals surface area contributed by atoms with Crippen molar-refractivity contribution in [1.29, 1.82) is 5.26 Å². The third-order valence-electron chi connectivity index (χ3n) is 2.68. The average molecular weight is 270 g/mol. The molecule has 0 atom stereocenters. The molecule has 2 N–H and O–H groups in total. The lowest BCUT2D eigenvalue weighted by molar-refractivity contribution is 0.479. The summed E-state index contributed by atoms with van der Waals surface area (Å²) in [5.41, 5.74) is 7.16. The van der Waals surface area contributed by atoms with E-state index in [1.165, 1.54) is 11.8 Å². The Bertz CT molecular complexity index is 620. The van der Waals surface area contributed by atoms with Gasteiger partial charge in [0.15, 0.2) is 0 Å². The second kappa shape index (κ2) is 6.28. The molecule has 0 aromatic heterocycles. The molecule has 96 valence electrons. The Morgan fingerprint density at radius 1 is 1.26 bits per heavy atom. The molecule has 0 aliphatic carbocycles. The van der Waals surface area contributed by atoms with E-state index in [0.29, 0.717) is 23.6 Å². The van der Waals surface area contributed by atoms with E-state index < -0.39 is 0 Å². The van der Waals surface area contributed by atoms with E-state index in [1.54, 1.807) is 6.07 Å². The van der Waals surface area contributed by atoms with Gasteiger partial charge in [-0.25, -0.2) is 0 Å². The summed E-state index contributed by atoms with van der Waals surface area (Å²) >= 11 is 1.53. The molecule has 19 heavy (non-hydrogen) atoms. The van der Waals surface area contributed by atoms with Crippen molar-refractivity contribution in [2.45, 2.75) is 11.4 Å². The Balaban J connectivity index is 2.35. The highest BCUT2D eigenvalue weighted by Crippen LogP contribution is 2.31. The number of ether oxygens (including phenoxy) is 1. The maximum absolute atomic E-state index is 9.25. The van der Waals surface area contributed by atoms with Crippen molar-refractivity contribution >= 4 is 11.8 Å². The normalized spacial score (nSPS) is 9.95. The van der Waals surface area contributed by atoms with Crippen LogP contribution in [0, 0.1) is 11.3 Å². The highest BCUT2D eigenvalue weighted by molar-refractivity contribution is 7.98. The fraction of sp³-hybridized carbons (Fsp3) is 0.133. The highest BCUT2D eigenvalue weighted by Gasteiger charge is 2.09. The number of benzene rings is 2. The zero-order valence-electron chi connectivity index (χ0n) is 10.6. The molecule has 0 unspecified atom stereocenters. The molecule has 2 rings (SSSR count). The van der Waals surface area contributed by atoms with Crippen molar-refractivity contribution in [2.75, 3.05) is 6.26 Å². The number of nitrogens with two attached hydrogens (primary N) is 1. The van der Waals surface area contributed by atoms with Crippen LogP contribution >= 0.6 is 11.8 Å². The van der Waals surface area contributed by atoms with E-state index in [1.807, 2.05) is 42.7 Å². The minimum atomic E-state index is 0.465. The van der Waals surface area contributed by atoms with Gasteiger partial charge in [0.1, 0.15) is 23.1 Å². The quantitative estimate of drug-likeness (QED) is 0.863. The first kappa shape index (κ1) is 13.5. The Labute approximate surface area is 117 Å². The molecule has 0 bridgehead atoms. The van der Waals surface area contributed by atoms with Gasteiger partial charge in [0.25, 0.3) is 0 Å². The van der Waals surface area contributed by atoms with Crippen molar-refractivity contribution in [1.82, 2.24) is 0 Å². The third-order valence-corrected chi connectivity index (χ3v) is 3.46. The van der Waals surface area contributed by atoms with Crippen LogP contribution in [0.15, 0.2) is 47.4 Å². The molecule has 0 saturated heterocycles. The minimum absolute atomic E-state index is 0.465. The van der Waals surface area contributed by atoms with Crippen molar-refractivity contribution in [3.05, 3.63) is 53.6 Å². The molecule has 0 aliphatic heterocycles. The maximum atomic E-state index is 9.25. The Kier molecular flexibility index (Phi) is 4.45. The van der Waals surface area contributed by atoms with Crippen LogP contribution in [0.25, 0.3) is 0 Å². The molecule has 0 fully saturated rings. The van der Waals surface area contributed by atoms with Gasteiger partial charge in [-0.05, 0) is 36.1 Å². The molecule has 3 nitrogen and oxygen atoms in total. The summed E-state index contributed by atoms with van der Waals surface area (Å²) in [5, 5.41) is 9.25. The number of nitrogens with zero attached hydrogens (tertiary/aromatic N) is 1. The van der Waals surface area contributed by atoms with Crippen molar-refractivity contribution in [3.8, 4) is 17.6 Å². The lowest BCUT2D eigenvalue weighted by Gasteiger charge is -2.10. The van der Waals surface area contributed by atoms with Crippen LogP contribution < -0.4 is 10.5 Å². The van der Waals surface area contributed by atoms with Gasteiger partial charge in [-0.3, -0.25) is 0 Å². The highest BCUT2D eigenvalue weighted by atomic mass is 32.2. The zero-order chi connectivity index (χ0) is 13.7. The minimum Gasteiger partial charge on any atom is -0.456 e. The monoisotopic (exact) mass is 270 g/mol. The summed E-state index contributed by atoms with van der Waals surface area (Å²) in [6, 6.07) is 15.4. The molecule has 0 spiro atoms. The van der Waals surface area contributed by atoms with E-state index in [2.05, 4.69) is 6.07 Å². The van der Waals surface area contributed by atoms with Crippen molar-refractivity contribution in [3.63, 3.8) is 0 Å². The van der Waals surface area contributed by atoms with Crippen LogP contribution in [-0.4, -0.2) is 6.26 Å². The van der Waals surface area contributed by atoms with Crippen LogP contribution in [0.2, 0.25) is 0 Å². The van der Waals surface area contributed by atoms with Gasteiger partial charge >= 0.3 is 0 Å². The summed E-state index contributed by atoms with van der Waals surface area (Å²) in [5.74, 6) is 1.27. The second-order valence-electron chi connectivity index (χ2n) is 3.90. The van der Waals surface area contributed by atoms with Gasteiger partial charge in [0, 0.05) is 11.4 Å². The number of thioether (sulfide) groups is 1. The van der Waals surface area contributed by atoms with Gasteiger partial charge in [-0.2, -0.15) is 5.26 Å². The van der Waals surface area contributed by atoms with Crippen molar-refractivity contribution in [2.24, 2.45) is 5.73 Å². The maximum Gasteiger partial charge on any atom is 0.146 e. The van der Waals surface area contributed by atoms with Gasteiger partial charge in [-0.1, -0.05) is 18.2 Å². The zero-order valence-corrected chi connectivity index (χ0v) is 11.4. The molecular formula is C15H14N2OS. The van der Waals surface area contributed by atoms with E-state index in [9.17, 15) is 5.26 Å². The molecule has 4 heteroatoms. The smallest absolute Gasteiger partial charge is 0.146 e. The van der Waals surface area contributed by atoms with E-state index in [0.717, 1.165) is 10.5 Å². The number of hydrogen-bond donors (Lipinski definition) is 1. The van der Waals surface area contributed by atoms with Crippen LogP contribution in [0.5, 0.6) is 11.5 Å². The standard InChI is InChI=1S/C15H14N2OS/c1-19-15-7-3-6-14(13(15)10-17)18-12-5-2-4-11(8-12)9-16/h2-8H,9,16H2,1H3. The SMILES string of the molecule is CSc1cccc(Oc2cccc(CN)c2)c1C#N. The van der Waals surface area contributed by atoms with E-state index in [-0.39, 0.29) is 0 Å². The first-order valence-corrected chi connectivity index (χ1v) is 7.05. The largest absolute Gasteiger partial charge is 0.456 e. The van der Waals surface area contributed by atoms with Gasteiger partial charge in [-0.15, -0.1) is 11.8 Å². The second-order valence-corrected chi connectivity index (χ2v) is 4.75. The average Bonchev–Trinajstić information content (AvgIpc) is 2.47. The Hall–Kier alpha value is -1.96. The van der Waals surface area contributed by atoms with Gasteiger partial charge < -0.3 is 10.5 Å². The number of nitriles is 1. The number of hydrogen-bond acceptors (Lipinski definition) is 4. The molecular weight excluding hydrogens is 256 g/mol. The lowest BCUT2D eigenvalue weighted by atomic mass is 10.2. The summed E-state index contributed by atoms with van der Waals surface area (Å²) < 4.78 is 5.79. The van der Waals surface area contributed by atoms with Gasteiger partial charge in [0.05, 0.1) is 0 Å². The van der Waals surface area contributed by atoms with Crippen LogP contribution in [0.3, 0.4) is 0 Å². The lowest BCUT2D eigenvalue weighted by Crippen LogP contribution is -1.96. The molecule has 0 radical (unpaired) electrons.